The molecule has 0 spiro atoms. The quantitative estimate of drug-likeness (QED) is 0.0222. The summed E-state index contributed by atoms with van der Waals surface area (Å²) < 4.78 is 68.6. The Morgan fingerprint density at radius 3 is 0.708 bits per heavy atom. The summed E-state index contributed by atoms with van der Waals surface area (Å²) >= 11 is 0. The molecule has 0 aliphatic carbocycles. The van der Waals surface area contributed by atoms with Crippen LogP contribution in [0.2, 0.25) is 0 Å². The molecule has 0 aliphatic rings. The third-order valence-electron chi connectivity index (χ3n) is 18.0. The fraction of sp³-hybridized carbons (Fsp3) is 0.948. The zero-order chi connectivity index (χ0) is 70.7. The van der Waals surface area contributed by atoms with Crippen molar-refractivity contribution in [3.63, 3.8) is 0 Å². The molecule has 2 unspecified atom stereocenters. The third kappa shape index (κ3) is 70.5. The molecule has 0 aliphatic heterocycles. The van der Waals surface area contributed by atoms with Crippen molar-refractivity contribution in [3.8, 4) is 0 Å². The van der Waals surface area contributed by atoms with Gasteiger partial charge in [0.2, 0.25) is 0 Å². The van der Waals surface area contributed by atoms with Crippen LogP contribution >= 0.6 is 15.6 Å². The maximum atomic E-state index is 13.1. The van der Waals surface area contributed by atoms with E-state index in [-0.39, 0.29) is 25.7 Å². The van der Waals surface area contributed by atoms with E-state index in [9.17, 15) is 43.2 Å². The van der Waals surface area contributed by atoms with Gasteiger partial charge >= 0.3 is 39.5 Å². The number of unbranched alkanes of at least 4 members (excludes halogenated alkanes) is 46. The van der Waals surface area contributed by atoms with Gasteiger partial charge in [-0.05, 0) is 37.5 Å². The zero-order valence-electron chi connectivity index (χ0n) is 62.7. The molecule has 3 N–H and O–H groups in total. The minimum absolute atomic E-state index is 0.107. The van der Waals surface area contributed by atoms with Crippen molar-refractivity contribution in [1.82, 2.24) is 0 Å². The van der Waals surface area contributed by atoms with Crippen LogP contribution in [0.1, 0.15) is 401 Å². The Bertz CT molecular complexity index is 1860. The molecule has 0 aromatic rings. The Balaban J connectivity index is 5.26. The lowest BCUT2D eigenvalue weighted by Gasteiger charge is -2.21. The molecular weight excluding hydrogens is 1260 g/mol. The second-order valence-electron chi connectivity index (χ2n) is 28.7. The summed E-state index contributed by atoms with van der Waals surface area (Å²) in [5.41, 5.74) is 0. The summed E-state index contributed by atoms with van der Waals surface area (Å²) in [6, 6.07) is 0. The number of rotatable bonds is 76. The van der Waals surface area contributed by atoms with E-state index in [1.54, 1.807) is 0 Å². The Labute approximate surface area is 588 Å². The summed E-state index contributed by atoms with van der Waals surface area (Å²) in [5, 5.41) is 10.6. The number of hydrogen-bond acceptors (Lipinski definition) is 15. The van der Waals surface area contributed by atoms with Crippen LogP contribution < -0.4 is 0 Å². The summed E-state index contributed by atoms with van der Waals surface area (Å²) in [5.74, 6) is -0.560. The standard InChI is InChI=1S/C77H150O17P2/c1-7-9-11-13-15-17-19-20-21-24-30-36-42-48-54-60-75(80)88-66-73(93-76(81)61-55-49-43-37-31-25-22-23-28-33-39-45-51-57-69(3)4)68-92-96(85,86)90-64-71(78)63-89-95(83,84)91-67-72(65-87-74(79)59-53-47-41-35-27-18-16-14-12-10-8-2)94-77(82)62-56-50-44-38-32-26-29-34-40-46-52-58-70(5)6/h69-73,78H,7-68H2,1-6H3,(H,83,84)(H,85,86)/t71-,72+,73+/m0/s1. The number of carbonyl (C=O) groups excluding carboxylic acids is 4. The molecule has 0 aromatic heterocycles. The summed E-state index contributed by atoms with van der Waals surface area (Å²) in [7, 11) is -9.91. The lowest BCUT2D eigenvalue weighted by molar-refractivity contribution is -0.161. The van der Waals surface area contributed by atoms with Crippen molar-refractivity contribution in [2.75, 3.05) is 39.6 Å². The van der Waals surface area contributed by atoms with Gasteiger partial charge in [0.25, 0.3) is 0 Å². The predicted molar refractivity (Wildman–Crippen MR) is 391 cm³/mol. The molecule has 96 heavy (non-hydrogen) atoms. The van der Waals surface area contributed by atoms with Crippen LogP contribution in [0, 0.1) is 11.8 Å². The van der Waals surface area contributed by atoms with Crippen molar-refractivity contribution >= 4 is 39.5 Å². The second-order valence-corrected chi connectivity index (χ2v) is 31.6. The zero-order valence-corrected chi connectivity index (χ0v) is 64.5. The Morgan fingerprint density at radius 2 is 0.479 bits per heavy atom. The molecule has 0 saturated heterocycles. The van der Waals surface area contributed by atoms with Crippen LogP contribution in [-0.4, -0.2) is 96.7 Å². The first-order chi connectivity index (χ1) is 46.4. The van der Waals surface area contributed by atoms with Gasteiger partial charge in [-0.1, -0.05) is 350 Å². The fourth-order valence-electron chi connectivity index (χ4n) is 11.8. The van der Waals surface area contributed by atoms with E-state index in [1.807, 2.05) is 0 Å². The van der Waals surface area contributed by atoms with Gasteiger partial charge < -0.3 is 33.8 Å². The fourth-order valence-corrected chi connectivity index (χ4v) is 13.4. The monoisotopic (exact) mass is 1410 g/mol. The normalized spacial score (nSPS) is 14.0. The number of carbonyl (C=O) groups is 4. The van der Waals surface area contributed by atoms with E-state index in [0.717, 1.165) is 102 Å². The first kappa shape index (κ1) is 94.1. The average molecular weight is 1410 g/mol. The van der Waals surface area contributed by atoms with Crippen LogP contribution in [0.25, 0.3) is 0 Å². The van der Waals surface area contributed by atoms with Crippen molar-refractivity contribution in [3.05, 3.63) is 0 Å². The van der Waals surface area contributed by atoms with Crippen LogP contribution in [0.15, 0.2) is 0 Å². The van der Waals surface area contributed by atoms with E-state index in [4.69, 9.17) is 37.0 Å². The van der Waals surface area contributed by atoms with Crippen molar-refractivity contribution in [1.29, 1.82) is 0 Å². The molecule has 0 heterocycles. The molecule has 0 fully saturated rings. The maximum Gasteiger partial charge on any atom is 0.472 e. The molecule has 0 aromatic carbocycles. The van der Waals surface area contributed by atoms with Crippen molar-refractivity contribution in [2.24, 2.45) is 11.8 Å². The molecule has 0 rings (SSSR count). The van der Waals surface area contributed by atoms with E-state index >= 15 is 0 Å². The Morgan fingerprint density at radius 1 is 0.281 bits per heavy atom. The van der Waals surface area contributed by atoms with E-state index in [1.165, 1.54) is 218 Å². The van der Waals surface area contributed by atoms with E-state index in [0.29, 0.717) is 25.7 Å². The van der Waals surface area contributed by atoms with Crippen LogP contribution in [0.4, 0.5) is 0 Å². The van der Waals surface area contributed by atoms with Crippen LogP contribution in [0.5, 0.6) is 0 Å². The highest BCUT2D eigenvalue weighted by molar-refractivity contribution is 7.47. The minimum Gasteiger partial charge on any atom is -0.462 e. The maximum absolute atomic E-state index is 13.1. The highest BCUT2D eigenvalue weighted by atomic mass is 31.2. The molecular formula is C77H150O17P2. The molecule has 0 amide bonds. The molecule has 5 atom stereocenters. The number of phosphoric acid groups is 2. The summed E-state index contributed by atoms with van der Waals surface area (Å²) in [6.07, 6.45) is 56.7. The first-order valence-electron chi connectivity index (χ1n) is 40.0. The highest BCUT2D eigenvalue weighted by Crippen LogP contribution is 2.45. The Kier molecular flexibility index (Phi) is 67.4. The van der Waals surface area contributed by atoms with Crippen molar-refractivity contribution in [2.45, 2.75) is 419 Å². The van der Waals surface area contributed by atoms with Gasteiger partial charge in [-0.25, -0.2) is 9.13 Å². The van der Waals surface area contributed by atoms with Gasteiger partial charge in [0, 0.05) is 25.7 Å². The molecule has 0 bridgehead atoms. The first-order valence-corrected chi connectivity index (χ1v) is 43.0. The lowest BCUT2D eigenvalue weighted by Crippen LogP contribution is -2.30. The van der Waals surface area contributed by atoms with Gasteiger partial charge in [0.1, 0.15) is 19.3 Å². The van der Waals surface area contributed by atoms with Gasteiger partial charge in [-0.15, -0.1) is 0 Å². The average Bonchev–Trinajstić information content (AvgIpc) is 1.77. The third-order valence-corrected chi connectivity index (χ3v) is 19.9. The number of phosphoric ester groups is 2. The Hall–Kier alpha value is -1.94. The van der Waals surface area contributed by atoms with E-state index < -0.39 is 97.5 Å². The lowest BCUT2D eigenvalue weighted by atomic mass is 10.0. The smallest absolute Gasteiger partial charge is 0.462 e. The molecule has 0 saturated carbocycles. The molecule has 19 heteroatoms. The van der Waals surface area contributed by atoms with Gasteiger partial charge in [-0.3, -0.25) is 37.3 Å². The molecule has 0 radical (unpaired) electrons. The number of aliphatic hydroxyl groups excluding tert-OH is 1. The van der Waals surface area contributed by atoms with Gasteiger partial charge in [-0.2, -0.15) is 0 Å². The SMILES string of the molecule is CCCCCCCCCCCCCCCCCC(=O)OC[C@H](COP(=O)(O)OC[C@@H](O)COP(=O)(O)OC[C@@H](COC(=O)CCCCCCCCCCCCC)OC(=O)CCCCCCCCCCCCCC(C)C)OC(=O)CCCCCCCCCCCCCCCC(C)C. The van der Waals surface area contributed by atoms with Gasteiger partial charge in [0.15, 0.2) is 12.2 Å². The van der Waals surface area contributed by atoms with Crippen molar-refractivity contribution < 1.29 is 80.2 Å². The largest absolute Gasteiger partial charge is 0.472 e. The van der Waals surface area contributed by atoms with Crippen LogP contribution in [0.3, 0.4) is 0 Å². The minimum atomic E-state index is -4.96. The summed E-state index contributed by atoms with van der Waals surface area (Å²) in [4.78, 5) is 72.9. The number of ether oxygens (including phenoxy) is 4. The number of esters is 4. The molecule has 570 valence electrons. The predicted octanol–water partition coefficient (Wildman–Crippen LogP) is 22.7. The summed E-state index contributed by atoms with van der Waals surface area (Å²) in [6.45, 7) is 9.63. The molecule has 17 nitrogen and oxygen atoms in total. The van der Waals surface area contributed by atoms with Gasteiger partial charge in [0.05, 0.1) is 26.4 Å². The van der Waals surface area contributed by atoms with E-state index in [2.05, 4.69) is 41.5 Å². The number of hydrogen-bond donors (Lipinski definition) is 3. The van der Waals surface area contributed by atoms with Crippen LogP contribution in [-0.2, 0) is 65.4 Å². The number of aliphatic hydroxyl groups is 1. The highest BCUT2D eigenvalue weighted by Gasteiger charge is 2.30. The second kappa shape index (κ2) is 68.8. The topological polar surface area (TPSA) is 237 Å².